The van der Waals surface area contributed by atoms with Crippen LogP contribution < -0.4 is 9.79 Å². The Labute approximate surface area is 83.9 Å². The van der Waals surface area contributed by atoms with Gasteiger partial charge in [0.05, 0.1) is 6.61 Å². The van der Waals surface area contributed by atoms with Gasteiger partial charge < -0.3 is 14.9 Å². The number of aliphatic hydroxyl groups is 1. The van der Waals surface area contributed by atoms with E-state index in [0.29, 0.717) is 0 Å². The van der Waals surface area contributed by atoms with E-state index in [1.165, 1.54) is 6.08 Å². The van der Waals surface area contributed by atoms with E-state index < -0.39 is 16.5 Å². The first-order chi connectivity index (χ1) is 5.04. The standard InChI is InChI=1S/C3H6O.O5P2.Zn/c1-2-3-4;1-6(2)5-7(3)4;/h2,4H,1,3H2;;/q;;+2. The van der Waals surface area contributed by atoms with Crippen LogP contribution in [-0.4, -0.2) is 11.7 Å². The molecule has 64 valence electrons. The van der Waals surface area contributed by atoms with Crippen molar-refractivity contribution in [1.29, 1.82) is 0 Å². The van der Waals surface area contributed by atoms with Crippen LogP contribution in [0, 0.1) is 0 Å². The van der Waals surface area contributed by atoms with E-state index in [2.05, 4.69) is 10.9 Å². The first-order valence-electron chi connectivity index (χ1n) is 2.23. The first kappa shape index (κ1) is 18.2. The van der Waals surface area contributed by atoms with E-state index >= 15 is 0 Å². The summed E-state index contributed by atoms with van der Waals surface area (Å²) in [5, 5.41) is 7.76. The molecule has 0 radical (unpaired) electrons. The third-order valence-electron chi connectivity index (χ3n) is 0.262. The van der Waals surface area contributed by atoms with Gasteiger partial charge in [0.25, 0.3) is 0 Å². The van der Waals surface area contributed by atoms with Gasteiger partial charge in [0.1, 0.15) is 4.31 Å². The Kier molecular flexibility index (Phi) is 21.2. The van der Waals surface area contributed by atoms with E-state index in [0.717, 1.165) is 0 Å². The third kappa shape index (κ3) is 31.5. The normalized spacial score (nSPS) is 9.92. The molecule has 1 N–H and O–H groups in total. The molecule has 0 fully saturated rings. The minimum Gasteiger partial charge on any atom is -0.563 e. The molecule has 12 heavy (non-hydrogen) atoms. The van der Waals surface area contributed by atoms with E-state index in [-0.39, 0.29) is 26.1 Å². The maximum atomic E-state index is 9.24. The molecule has 0 saturated heterocycles. The van der Waals surface area contributed by atoms with Gasteiger partial charge in [0, 0.05) is 0 Å². The minimum absolute atomic E-state index is 0. The van der Waals surface area contributed by atoms with Crippen molar-refractivity contribution in [1.82, 2.24) is 0 Å². The molecule has 0 aromatic rings. The molecule has 0 rings (SSSR count). The molecule has 0 amide bonds. The van der Waals surface area contributed by atoms with E-state index in [4.69, 9.17) is 5.11 Å². The fraction of sp³-hybridized carbons (Fsp3) is 0.333. The number of hydrogen-bond donors (Lipinski definition) is 1. The van der Waals surface area contributed by atoms with E-state index in [9.17, 15) is 18.9 Å². The summed E-state index contributed by atoms with van der Waals surface area (Å²) in [4.78, 5) is 18.5. The molecule has 6 nitrogen and oxygen atoms in total. The molecule has 0 aliphatic heterocycles. The van der Waals surface area contributed by atoms with E-state index in [1.54, 1.807) is 0 Å². The molecule has 9 heteroatoms. The van der Waals surface area contributed by atoms with Crippen molar-refractivity contribution < 1.29 is 47.8 Å². The second-order valence-electron chi connectivity index (χ2n) is 1.00. The second-order valence-corrected chi connectivity index (χ2v) is 2.55. The Bertz CT molecular complexity index is 138. The van der Waals surface area contributed by atoms with Crippen molar-refractivity contribution >= 4 is 16.5 Å². The van der Waals surface area contributed by atoms with Gasteiger partial charge in [-0.15, -0.1) is 6.58 Å². The maximum absolute atomic E-state index is 9.24. The van der Waals surface area contributed by atoms with Crippen molar-refractivity contribution in [3.05, 3.63) is 12.7 Å². The van der Waals surface area contributed by atoms with Crippen LogP contribution in [0.25, 0.3) is 0 Å². The Balaban J connectivity index is -0.000000142. The molecule has 0 aromatic heterocycles. The average Bonchev–Trinajstić information content (AvgIpc) is 1.85. The van der Waals surface area contributed by atoms with Crippen molar-refractivity contribution in [3.8, 4) is 0 Å². The van der Waals surface area contributed by atoms with Gasteiger partial charge in [-0.25, -0.2) is 0 Å². The van der Waals surface area contributed by atoms with Crippen molar-refractivity contribution in [2.45, 2.75) is 0 Å². The predicted molar refractivity (Wildman–Crippen MR) is 33.6 cm³/mol. The average molecular weight is 265 g/mol. The number of hydrogen-bond acceptors (Lipinski definition) is 6. The molecule has 2 unspecified atom stereocenters. The number of aliphatic hydroxyl groups excluding tert-OH is 1. The van der Waals surface area contributed by atoms with E-state index in [1.807, 2.05) is 0 Å². The molecule has 0 bridgehead atoms. The van der Waals surface area contributed by atoms with Crippen LogP contribution in [0.5, 0.6) is 0 Å². The van der Waals surface area contributed by atoms with Crippen LogP contribution in [0.3, 0.4) is 0 Å². The maximum Gasteiger partial charge on any atom is 2.00 e. The van der Waals surface area contributed by atoms with Gasteiger partial charge in [-0.2, -0.15) is 0 Å². The van der Waals surface area contributed by atoms with Gasteiger partial charge in [0.2, 0.25) is 0 Å². The van der Waals surface area contributed by atoms with Crippen LogP contribution in [-0.2, 0) is 32.9 Å². The van der Waals surface area contributed by atoms with Gasteiger partial charge in [-0.05, 0) is 9.13 Å². The van der Waals surface area contributed by atoms with Crippen LogP contribution in [0.4, 0.5) is 0 Å². The summed E-state index contributed by atoms with van der Waals surface area (Å²) in [5.41, 5.74) is 0. The molecule has 0 saturated carbocycles. The molecule has 0 aliphatic rings. The summed E-state index contributed by atoms with van der Waals surface area (Å²) in [7, 11) is -6.47. The Morgan fingerprint density at radius 2 is 1.67 bits per heavy atom. The molecular formula is C3H6O6P2Zn+2. The van der Waals surface area contributed by atoms with Gasteiger partial charge in [-0.3, -0.25) is 0 Å². The smallest absolute Gasteiger partial charge is 0.563 e. The predicted octanol–water partition coefficient (Wildman–Crippen LogP) is -0.799. The van der Waals surface area contributed by atoms with Gasteiger partial charge in [0.15, 0.2) is 0 Å². The fourth-order valence-corrected chi connectivity index (χ4v) is 0.490. The molecular weight excluding hydrogens is 259 g/mol. The van der Waals surface area contributed by atoms with Gasteiger partial charge >= 0.3 is 36.0 Å². The van der Waals surface area contributed by atoms with Crippen LogP contribution in [0.1, 0.15) is 0 Å². The number of rotatable bonds is 3. The monoisotopic (exact) mass is 264 g/mol. The zero-order chi connectivity index (χ0) is 9.28. The molecule has 2 atom stereocenters. The van der Waals surface area contributed by atoms with Crippen LogP contribution in [0.15, 0.2) is 12.7 Å². The molecule has 0 heterocycles. The Morgan fingerprint density at radius 3 is 1.67 bits per heavy atom. The molecule has 0 spiro atoms. The first-order valence-corrected chi connectivity index (χ1v) is 4.42. The molecule has 0 aromatic carbocycles. The quantitative estimate of drug-likeness (QED) is 0.406. The zero-order valence-corrected chi connectivity index (χ0v) is 10.8. The summed E-state index contributed by atoms with van der Waals surface area (Å²) < 4.78 is 21.6. The summed E-state index contributed by atoms with van der Waals surface area (Å²) >= 11 is 0. The SMILES string of the molecule is C=CCO.O=[P+]([O-])O[P+](=O)[O-].[Zn+2]. The van der Waals surface area contributed by atoms with Crippen molar-refractivity contribution in [2.24, 2.45) is 0 Å². The minimum atomic E-state index is -3.24. The van der Waals surface area contributed by atoms with Crippen molar-refractivity contribution in [3.63, 3.8) is 0 Å². The summed E-state index contributed by atoms with van der Waals surface area (Å²) in [5.74, 6) is 0. The fourth-order valence-electron chi connectivity index (χ4n) is 0.0544. The largest absolute Gasteiger partial charge is 2.00 e. The third-order valence-corrected chi connectivity index (χ3v) is 1.33. The topological polar surface area (TPSA) is 110 Å². The summed E-state index contributed by atoms with van der Waals surface area (Å²) in [6, 6.07) is 0. The second kappa shape index (κ2) is 14.0. The molecule has 0 aliphatic carbocycles. The Morgan fingerprint density at radius 1 is 1.42 bits per heavy atom. The van der Waals surface area contributed by atoms with Crippen LogP contribution in [0.2, 0.25) is 0 Å². The zero-order valence-electron chi connectivity index (χ0n) is 6.08. The van der Waals surface area contributed by atoms with Crippen molar-refractivity contribution in [2.75, 3.05) is 6.61 Å². The summed E-state index contributed by atoms with van der Waals surface area (Å²) in [6.45, 7) is 3.31. The Hall–Kier alpha value is 0.403. The summed E-state index contributed by atoms with van der Waals surface area (Å²) in [6.07, 6.45) is 1.43. The van der Waals surface area contributed by atoms with Crippen LogP contribution >= 0.6 is 16.5 Å². The van der Waals surface area contributed by atoms with Gasteiger partial charge in [-0.1, -0.05) is 6.08 Å².